The van der Waals surface area contributed by atoms with Gasteiger partial charge in [-0.25, -0.2) is 4.98 Å². The Kier molecular flexibility index (Phi) is 2.92. The molecule has 2 N–H and O–H groups in total. The van der Waals surface area contributed by atoms with Gasteiger partial charge in [0.2, 0.25) is 5.95 Å². The highest BCUT2D eigenvalue weighted by Crippen LogP contribution is 2.34. The van der Waals surface area contributed by atoms with Crippen LogP contribution in [0, 0.1) is 0 Å². The van der Waals surface area contributed by atoms with Crippen LogP contribution in [0.2, 0.25) is 5.02 Å². The van der Waals surface area contributed by atoms with Gasteiger partial charge in [-0.2, -0.15) is 11.8 Å². The van der Waals surface area contributed by atoms with Crippen LogP contribution in [0.5, 0.6) is 0 Å². The Morgan fingerprint density at radius 1 is 1.35 bits per heavy atom. The molecule has 3 nitrogen and oxygen atoms in total. The fourth-order valence-electron chi connectivity index (χ4n) is 2.44. The summed E-state index contributed by atoms with van der Waals surface area (Å²) in [5.41, 5.74) is 7.93. The second-order valence-electron chi connectivity index (χ2n) is 4.29. The molecule has 0 radical (unpaired) electrons. The summed E-state index contributed by atoms with van der Waals surface area (Å²) in [6.07, 6.45) is 2.29. The molecule has 3 rings (SSSR count). The molecule has 0 spiro atoms. The minimum absolute atomic E-state index is 0.446. The lowest BCUT2D eigenvalue weighted by atomic mass is 10.1. The van der Waals surface area contributed by atoms with E-state index in [1.165, 1.54) is 11.5 Å². The van der Waals surface area contributed by atoms with Gasteiger partial charge in [-0.05, 0) is 36.5 Å². The zero-order valence-electron chi connectivity index (χ0n) is 9.40. The molecule has 1 aromatic carbocycles. The van der Waals surface area contributed by atoms with Gasteiger partial charge in [0.25, 0.3) is 0 Å². The zero-order chi connectivity index (χ0) is 11.8. The van der Waals surface area contributed by atoms with Crippen molar-refractivity contribution in [3.05, 3.63) is 23.2 Å². The molecule has 1 saturated heterocycles. The smallest absolute Gasteiger partial charge is 0.201 e. The Hall–Kier alpha value is -0.870. The molecule has 1 aliphatic heterocycles. The number of hydrogen-bond acceptors (Lipinski definition) is 3. The van der Waals surface area contributed by atoms with Gasteiger partial charge in [0.05, 0.1) is 16.1 Å². The van der Waals surface area contributed by atoms with Crippen LogP contribution in [-0.4, -0.2) is 21.1 Å². The third kappa shape index (κ3) is 1.89. The molecule has 0 bridgehead atoms. The largest absolute Gasteiger partial charge is 0.369 e. The van der Waals surface area contributed by atoms with Crippen LogP contribution < -0.4 is 5.73 Å². The lowest BCUT2D eigenvalue weighted by Crippen LogP contribution is -2.17. The Labute approximate surface area is 109 Å². The molecule has 0 atom stereocenters. The molecule has 5 heteroatoms. The topological polar surface area (TPSA) is 43.8 Å². The van der Waals surface area contributed by atoms with Crippen molar-refractivity contribution in [1.82, 2.24) is 9.55 Å². The van der Waals surface area contributed by atoms with Crippen molar-refractivity contribution < 1.29 is 0 Å². The minimum atomic E-state index is 0.446. The van der Waals surface area contributed by atoms with Gasteiger partial charge in [-0.3, -0.25) is 0 Å². The molecule has 17 heavy (non-hydrogen) atoms. The fourth-order valence-corrected chi connectivity index (χ4v) is 3.78. The van der Waals surface area contributed by atoms with Gasteiger partial charge in [-0.1, -0.05) is 17.7 Å². The zero-order valence-corrected chi connectivity index (χ0v) is 11.0. The third-order valence-electron chi connectivity index (χ3n) is 3.24. The maximum atomic E-state index is 6.27. The van der Waals surface area contributed by atoms with Crippen molar-refractivity contribution >= 4 is 40.3 Å². The van der Waals surface area contributed by atoms with E-state index in [0.717, 1.165) is 28.9 Å². The van der Waals surface area contributed by atoms with E-state index < -0.39 is 0 Å². The molecule has 1 fully saturated rings. The minimum Gasteiger partial charge on any atom is -0.369 e. The van der Waals surface area contributed by atoms with E-state index in [9.17, 15) is 0 Å². The number of imidazole rings is 1. The maximum Gasteiger partial charge on any atom is 0.201 e. The lowest BCUT2D eigenvalue weighted by molar-refractivity contribution is 0.487. The van der Waals surface area contributed by atoms with Crippen LogP contribution in [0.4, 0.5) is 5.95 Å². The number of nitrogens with two attached hydrogens (primary N) is 1. The standard InChI is InChI=1S/C12H14ClN3S/c13-9-2-1-3-10-11(9)16(12(14)15-10)8-4-6-17-7-5-8/h1-3,8H,4-7H2,(H2,14,15). The highest BCUT2D eigenvalue weighted by molar-refractivity contribution is 7.99. The Morgan fingerprint density at radius 3 is 2.88 bits per heavy atom. The second-order valence-corrected chi connectivity index (χ2v) is 5.92. The number of thioether (sulfide) groups is 1. The van der Waals surface area contributed by atoms with Crippen LogP contribution in [0.3, 0.4) is 0 Å². The Balaban J connectivity index is 2.16. The molecule has 90 valence electrons. The van der Waals surface area contributed by atoms with Gasteiger partial charge < -0.3 is 10.3 Å². The van der Waals surface area contributed by atoms with Crippen LogP contribution >= 0.6 is 23.4 Å². The van der Waals surface area contributed by atoms with Gasteiger partial charge in [-0.15, -0.1) is 0 Å². The number of nitrogen functional groups attached to an aromatic ring is 1. The average molecular weight is 268 g/mol. The first-order chi connectivity index (χ1) is 8.27. The van der Waals surface area contributed by atoms with E-state index in [4.69, 9.17) is 17.3 Å². The normalized spacial score (nSPS) is 17.7. The van der Waals surface area contributed by atoms with Crippen molar-refractivity contribution in [2.75, 3.05) is 17.2 Å². The molecular formula is C12H14ClN3S. The summed E-state index contributed by atoms with van der Waals surface area (Å²) in [7, 11) is 0. The van der Waals surface area contributed by atoms with Crippen molar-refractivity contribution in [2.45, 2.75) is 18.9 Å². The van der Waals surface area contributed by atoms with Crippen molar-refractivity contribution in [3.8, 4) is 0 Å². The SMILES string of the molecule is Nc1nc2cccc(Cl)c2n1C1CCSCC1. The highest BCUT2D eigenvalue weighted by Gasteiger charge is 2.21. The summed E-state index contributed by atoms with van der Waals surface area (Å²) in [5, 5.41) is 0.741. The quantitative estimate of drug-likeness (QED) is 0.862. The van der Waals surface area contributed by atoms with Crippen LogP contribution in [0.1, 0.15) is 18.9 Å². The van der Waals surface area contributed by atoms with Crippen molar-refractivity contribution in [1.29, 1.82) is 0 Å². The average Bonchev–Trinajstić information content (AvgIpc) is 2.68. The number of fused-ring (bicyclic) bond motifs is 1. The Morgan fingerprint density at radius 2 is 2.12 bits per heavy atom. The first kappa shape index (κ1) is 11.2. The number of aromatic nitrogens is 2. The predicted molar refractivity (Wildman–Crippen MR) is 74.8 cm³/mol. The molecule has 2 aromatic rings. The summed E-state index contributed by atoms with van der Waals surface area (Å²) >= 11 is 8.28. The summed E-state index contributed by atoms with van der Waals surface area (Å²) in [6, 6.07) is 6.23. The van der Waals surface area contributed by atoms with Crippen LogP contribution in [-0.2, 0) is 0 Å². The molecule has 2 heterocycles. The first-order valence-corrected chi connectivity index (χ1v) is 7.30. The van der Waals surface area contributed by atoms with E-state index in [0.29, 0.717) is 12.0 Å². The first-order valence-electron chi connectivity index (χ1n) is 5.77. The van der Waals surface area contributed by atoms with Gasteiger partial charge in [0.15, 0.2) is 0 Å². The monoisotopic (exact) mass is 267 g/mol. The van der Waals surface area contributed by atoms with E-state index >= 15 is 0 Å². The summed E-state index contributed by atoms with van der Waals surface area (Å²) in [4.78, 5) is 4.40. The van der Waals surface area contributed by atoms with E-state index in [1.807, 2.05) is 30.0 Å². The molecule has 1 aromatic heterocycles. The summed E-state index contributed by atoms with van der Waals surface area (Å²) < 4.78 is 2.12. The number of halogens is 1. The highest BCUT2D eigenvalue weighted by atomic mass is 35.5. The molecule has 1 aliphatic rings. The predicted octanol–water partition coefficient (Wildman–Crippen LogP) is 3.34. The number of anilines is 1. The fraction of sp³-hybridized carbons (Fsp3) is 0.417. The summed E-state index contributed by atoms with van der Waals surface area (Å²) in [5.74, 6) is 2.97. The molecular weight excluding hydrogens is 254 g/mol. The van der Waals surface area contributed by atoms with Crippen molar-refractivity contribution in [2.24, 2.45) is 0 Å². The summed E-state index contributed by atoms with van der Waals surface area (Å²) in [6.45, 7) is 0. The number of nitrogens with zero attached hydrogens (tertiary/aromatic N) is 2. The second kappa shape index (κ2) is 4.42. The molecule has 0 amide bonds. The molecule has 0 saturated carbocycles. The number of hydrogen-bond donors (Lipinski definition) is 1. The van der Waals surface area contributed by atoms with Gasteiger partial charge in [0, 0.05) is 6.04 Å². The van der Waals surface area contributed by atoms with Gasteiger partial charge in [0.1, 0.15) is 0 Å². The van der Waals surface area contributed by atoms with E-state index in [-0.39, 0.29) is 0 Å². The number of benzene rings is 1. The van der Waals surface area contributed by atoms with Crippen LogP contribution in [0.15, 0.2) is 18.2 Å². The number of rotatable bonds is 1. The maximum absolute atomic E-state index is 6.27. The van der Waals surface area contributed by atoms with E-state index in [1.54, 1.807) is 0 Å². The van der Waals surface area contributed by atoms with Crippen molar-refractivity contribution in [3.63, 3.8) is 0 Å². The van der Waals surface area contributed by atoms with Crippen LogP contribution in [0.25, 0.3) is 11.0 Å². The van der Waals surface area contributed by atoms with Gasteiger partial charge >= 0.3 is 0 Å². The molecule has 0 aliphatic carbocycles. The lowest BCUT2D eigenvalue weighted by Gasteiger charge is -2.24. The Bertz CT molecular complexity index is 546. The third-order valence-corrected chi connectivity index (χ3v) is 4.60. The molecule has 0 unspecified atom stereocenters. The van der Waals surface area contributed by atoms with E-state index in [2.05, 4.69) is 9.55 Å². The number of para-hydroxylation sites is 1.